The third kappa shape index (κ3) is 6.84. The monoisotopic (exact) mass is 732 g/mol. The van der Waals surface area contributed by atoms with Crippen LogP contribution in [0.2, 0.25) is 0 Å². The van der Waals surface area contributed by atoms with Crippen molar-refractivity contribution in [1.29, 1.82) is 0 Å². The van der Waals surface area contributed by atoms with Gasteiger partial charge in [0.1, 0.15) is 46.1 Å². The van der Waals surface area contributed by atoms with Crippen molar-refractivity contribution < 1.29 is 55.6 Å². The number of aliphatic hydroxyl groups is 2. The molecule has 0 bridgehead atoms. The molecule has 2 atom stereocenters. The lowest BCUT2D eigenvalue weighted by atomic mass is 9.81. The van der Waals surface area contributed by atoms with Crippen LogP contribution in [0.3, 0.4) is 0 Å². The van der Waals surface area contributed by atoms with Gasteiger partial charge in [0.05, 0.1) is 24.9 Å². The number of amides is 2. The quantitative estimate of drug-likeness (QED) is 0.152. The Bertz CT molecular complexity index is 2030. The molecule has 52 heavy (non-hydrogen) atoms. The van der Waals surface area contributed by atoms with Crippen molar-refractivity contribution in [1.82, 2.24) is 20.6 Å². The van der Waals surface area contributed by atoms with E-state index in [1.807, 2.05) is 5.32 Å². The number of alkyl halides is 5. The van der Waals surface area contributed by atoms with Gasteiger partial charge in [0, 0.05) is 28.3 Å². The van der Waals surface area contributed by atoms with Gasteiger partial charge in [0.15, 0.2) is 0 Å². The Kier molecular flexibility index (Phi) is 9.14. The number of hydrogen-bond acceptors (Lipinski definition) is 8. The summed E-state index contributed by atoms with van der Waals surface area (Å²) in [5, 5.41) is 26.0. The lowest BCUT2D eigenvalue weighted by Gasteiger charge is -2.32. The Morgan fingerprint density at radius 2 is 1.69 bits per heavy atom. The lowest BCUT2D eigenvalue weighted by Crippen LogP contribution is -2.54. The average Bonchev–Trinajstić information content (AvgIpc) is 3.84. The molecule has 4 N–H and O–H groups in total. The van der Waals surface area contributed by atoms with Crippen LogP contribution in [0, 0.1) is 5.82 Å². The standard InChI is InChI=1S/C36H34F6N4O6/c1-32(2,49)35(38,39)17-45-31(48)33(3)18-51-29-24(33)15-26(46-28(29)19-6-8-22(37)9-7-19)34(50,36(40,41)42)16-44-30(47)21-13-20-5-4-12-43-27(20)25(14-21)52-23-10-11-23/h4-9,12-15,23,49-50H,10-11,16-18H2,1-3H3,(H,44,47)(H,45,48)/t33-,34?/m0/s1. The second-order valence-electron chi connectivity index (χ2n) is 13.7. The number of hydrogen-bond donors (Lipinski definition) is 4. The molecule has 1 saturated carbocycles. The molecule has 0 saturated heterocycles. The molecule has 0 spiro atoms. The molecule has 3 heterocycles. The Balaban J connectivity index is 1.39. The molecule has 1 unspecified atom stereocenters. The van der Waals surface area contributed by atoms with E-state index in [0.29, 0.717) is 10.9 Å². The molecule has 2 aromatic carbocycles. The van der Waals surface area contributed by atoms with Crippen LogP contribution in [0.5, 0.6) is 11.5 Å². The van der Waals surface area contributed by atoms with Crippen LogP contribution in [-0.4, -0.2) is 75.5 Å². The fraction of sp³-hybridized carbons (Fsp3) is 0.389. The van der Waals surface area contributed by atoms with E-state index in [1.54, 1.807) is 12.1 Å². The molecule has 10 nitrogen and oxygen atoms in total. The van der Waals surface area contributed by atoms with Gasteiger partial charge in [0.2, 0.25) is 11.5 Å². The number of ether oxygens (including phenoxy) is 2. The third-order valence-corrected chi connectivity index (χ3v) is 9.21. The molecule has 1 fully saturated rings. The van der Waals surface area contributed by atoms with E-state index in [2.05, 4.69) is 15.3 Å². The highest BCUT2D eigenvalue weighted by molar-refractivity contribution is 6.00. The van der Waals surface area contributed by atoms with E-state index in [-0.39, 0.29) is 40.0 Å². The van der Waals surface area contributed by atoms with Gasteiger partial charge in [-0.15, -0.1) is 0 Å². The molecule has 2 aromatic heterocycles. The number of halogens is 6. The van der Waals surface area contributed by atoms with Crippen LogP contribution in [0.1, 0.15) is 55.2 Å². The zero-order valence-corrected chi connectivity index (χ0v) is 28.1. The van der Waals surface area contributed by atoms with Crippen LogP contribution in [0.15, 0.2) is 60.8 Å². The number of benzene rings is 2. The van der Waals surface area contributed by atoms with E-state index >= 15 is 0 Å². The van der Waals surface area contributed by atoms with Crippen LogP contribution in [-0.2, 0) is 15.8 Å². The van der Waals surface area contributed by atoms with Crippen molar-refractivity contribution in [3.63, 3.8) is 0 Å². The Morgan fingerprint density at radius 3 is 2.33 bits per heavy atom. The normalized spacial score (nSPS) is 18.7. The summed E-state index contributed by atoms with van der Waals surface area (Å²) in [4.78, 5) is 35.3. The highest BCUT2D eigenvalue weighted by Gasteiger charge is 2.58. The summed E-state index contributed by atoms with van der Waals surface area (Å²) in [6.45, 7) is -0.383. The van der Waals surface area contributed by atoms with E-state index in [0.717, 1.165) is 44.9 Å². The smallest absolute Gasteiger partial charge is 0.424 e. The minimum Gasteiger partial charge on any atom is -0.489 e. The van der Waals surface area contributed by atoms with Gasteiger partial charge in [0.25, 0.3) is 11.8 Å². The fourth-order valence-electron chi connectivity index (χ4n) is 5.58. The summed E-state index contributed by atoms with van der Waals surface area (Å²) in [5.41, 5.74) is -9.54. The molecule has 0 radical (unpaired) electrons. The average molecular weight is 733 g/mol. The highest BCUT2D eigenvalue weighted by Crippen LogP contribution is 2.48. The van der Waals surface area contributed by atoms with E-state index in [9.17, 15) is 46.1 Å². The molecule has 4 aromatic rings. The first-order chi connectivity index (χ1) is 24.2. The maximum absolute atomic E-state index is 15.0. The van der Waals surface area contributed by atoms with Crippen molar-refractivity contribution in [2.24, 2.45) is 0 Å². The fourth-order valence-corrected chi connectivity index (χ4v) is 5.58. The minimum atomic E-state index is -5.48. The van der Waals surface area contributed by atoms with E-state index in [4.69, 9.17) is 9.47 Å². The predicted molar refractivity (Wildman–Crippen MR) is 174 cm³/mol. The number of fused-ring (bicyclic) bond motifs is 2. The van der Waals surface area contributed by atoms with Gasteiger partial charge in [-0.25, -0.2) is 18.2 Å². The summed E-state index contributed by atoms with van der Waals surface area (Å²) in [5.74, 6) is -6.50. The molecule has 2 aliphatic rings. The summed E-state index contributed by atoms with van der Waals surface area (Å²) in [6.07, 6.45) is -2.47. The molecule has 1 aliphatic carbocycles. The minimum absolute atomic E-state index is 0.0410. The van der Waals surface area contributed by atoms with Crippen LogP contribution in [0.25, 0.3) is 22.2 Å². The topological polar surface area (TPSA) is 143 Å². The number of rotatable bonds is 11. The highest BCUT2D eigenvalue weighted by atomic mass is 19.4. The number of aromatic nitrogens is 2. The molecular weight excluding hydrogens is 698 g/mol. The number of pyridine rings is 2. The maximum atomic E-state index is 15.0. The van der Waals surface area contributed by atoms with Gasteiger partial charge in [-0.05, 0) is 82.1 Å². The van der Waals surface area contributed by atoms with Gasteiger partial charge in [-0.3, -0.25) is 14.6 Å². The predicted octanol–water partition coefficient (Wildman–Crippen LogP) is 5.33. The van der Waals surface area contributed by atoms with Crippen molar-refractivity contribution in [3.8, 4) is 22.8 Å². The summed E-state index contributed by atoms with van der Waals surface area (Å²) in [7, 11) is 0. The summed E-state index contributed by atoms with van der Waals surface area (Å²) < 4.78 is 99.6. The maximum Gasteiger partial charge on any atom is 0.424 e. The van der Waals surface area contributed by atoms with Gasteiger partial charge in [-0.1, -0.05) is 6.07 Å². The summed E-state index contributed by atoms with van der Waals surface area (Å²) in [6, 6.07) is 11.2. The van der Waals surface area contributed by atoms with Crippen molar-refractivity contribution in [3.05, 3.63) is 83.4 Å². The summed E-state index contributed by atoms with van der Waals surface area (Å²) >= 11 is 0. The van der Waals surface area contributed by atoms with E-state index in [1.165, 1.54) is 37.4 Å². The van der Waals surface area contributed by atoms with Crippen molar-refractivity contribution in [2.75, 3.05) is 19.7 Å². The number of carbonyl (C=O) groups excluding carboxylic acids is 2. The molecule has 2 amide bonds. The SMILES string of the molecule is CC(C)(O)C(F)(F)CNC(=O)[C@@]1(C)COc2c1cc(C(O)(CNC(=O)c1cc(OC3CC3)c3ncccc3c1)C(F)(F)F)nc2-c1ccc(F)cc1. The largest absolute Gasteiger partial charge is 0.489 e. The van der Waals surface area contributed by atoms with E-state index < -0.39 is 71.7 Å². The Morgan fingerprint density at radius 1 is 1.00 bits per heavy atom. The molecular formula is C36H34F6N4O6. The number of nitrogens with one attached hydrogen (secondary N) is 2. The molecule has 6 rings (SSSR count). The van der Waals surface area contributed by atoms with Crippen molar-refractivity contribution in [2.45, 2.75) is 68.4 Å². The van der Waals surface area contributed by atoms with Gasteiger partial charge < -0.3 is 30.3 Å². The first-order valence-corrected chi connectivity index (χ1v) is 16.2. The van der Waals surface area contributed by atoms with Crippen LogP contribution < -0.4 is 20.1 Å². The molecule has 1 aliphatic heterocycles. The van der Waals surface area contributed by atoms with Crippen LogP contribution in [0.4, 0.5) is 26.3 Å². The first kappa shape index (κ1) is 36.8. The first-order valence-electron chi connectivity index (χ1n) is 16.2. The zero-order valence-electron chi connectivity index (χ0n) is 28.1. The molecule has 276 valence electrons. The van der Waals surface area contributed by atoms with Crippen LogP contribution >= 0.6 is 0 Å². The second kappa shape index (κ2) is 12.9. The van der Waals surface area contributed by atoms with Crippen molar-refractivity contribution >= 4 is 22.7 Å². The Labute approximate surface area is 293 Å². The van der Waals surface area contributed by atoms with Gasteiger partial charge in [-0.2, -0.15) is 13.2 Å². The number of nitrogens with zero attached hydrogens (tertiary/aromatic N) is 2. The number of carbonyl (C=O) groups is 2. The molecule has 16 heteroatoms. The zero-order chi connectivity index (χ0) is 37.9. The third-order valence-electron chi connectivity index (χ3n) is 9.21. The van der Waals surface area contributed by atoms with Gasteiger partial charge >= 0.3 is 6.18 Å². The second-order valence-corrected chi connectivity index (χ2v) is 13.7. The Hall–Kier alpha value is -4.96. The lowest BCUT2D eigenvalue weighted by molar-refractivity contribution is -0.265.